The minimum atomic E-state index is -0.510. The molecule has 0 aliphatic rings. The largest absolute Gasteiger partial charge is 0.453 e. The topological polar surface area (TPSA) is 89.4 Å². The van der Waals surface area contributed by atoms with Gasteiger partial charge in [0.25, 0.3) is 11.5 Å². The van der Waals surface area contributed by atoms with Crippen LogP contribution in [0.15, 0.2) is 47.0 Å². The van der Waals surface area contributed by atoms with E-state index < -0.39 is 5.91 Å². The number of carbonyl (C=O) groups is 2. The van der Waals surface area contributed by atoms with E-state index in [1.165, 1.54) is 28.8 Å². The molecule has 0 atom stereocenters. The lowest BCUT2D eigenvalue weighted by Gasteiger charge is -2.15. The molecular weight excluding hydrogens is 417 g/mol. The second-order valence-electron chi connectivity index (χ2n) is 6.32. The number of hydrogen-bond donors (Lipinski definition) is 2. The Hall–Kier alpha value is -2.77. The third-order valence-electron chi connectivity index (χ3n) is 3.81. The monoisotopic (exact) mass is 437 g/mol. The van der Waals surface area contributed by atoms with E-state index in [9.17, 15) is 14.4 Å². The Kier molecular flexibility index (Phi) is 7.87. The fraction of sp³-hybridized carbons (Fsp3) is 0.250. The van der Waals surface area contributed by atoms with Crippen molar-refractivity contribution in [3.63, 3.8) is 0 Å². The Morgan fingerprint density at radius 1 is 1.24 bits per heavy atom. The number of allylic oxidation sites excluding steroid dienone is 1. The lowest BCUT2D eigenvalue weighted by atomic mass is 10.2. The third-order valence-corrected chi connectivity index (χ3v) is 4.37. The van der Waals surface area contributed by atoms with Gasteiger partial charge in [0.15, 0.2) is 5.75 Å². The van der Waals surface area contributed by atoms with E-state index in [1.54, 1.807) is 12.3 Å². The van der Waals surface area contributed by atoms with Crippen LogP contribution in [0.2, 0.25) is 10.0 Å². The molecule has 9 heteroatoms. The summed E-state index contributed by atoms with van der Waals surface area (Å²) in [5.41, 5.74) is 0.299. The number of hydrogen-bond acceptors (Lipinski definition) is 4. The van der Waals surface area contributed by atoms with E-state index in [0.717, 1.165) is 0 Å². The number of halogens is 2. The molecule has 0 unspecified atom stereocenters. The number of pyridine rings is 1. The molecule has 0 fully saturated rings. The Balaban J connectivity index is 2.27. The third kappa shape index (κ3) is 5.85. The van der Waals surface area contributed by atoms with E-state index in [1.807, 2.05) is 20.8 Å². The molecule has 2 aromatic rings. The summed E-state index contributed by atoms with van der Waals surface area (Å²) in [7, 11) is 0. The van der Waals surface area contributed by atoms with Crippen molar-refractivity contribution in [1.82, 2.24) is 9.88 Å². The molecule has 0 bridgehead atoms. The second-order valence-corrected chi connectivity index (χ2v) is 7.13. The molecule has 29 heavy (non-hydrogen) atoms. The van der Waals surface area contributed by atoms with Gasteiger partial charge < -0.3 is 19.9 Å². The normalized spacial score (nSPS) is 11.3. The Bertz CT molecular complexity index is 976. The molecule has 0 aliphatic heterocycles. The van der Waals surface area contributed by atoms with Crippen LogP contribution < -0.4 is 20.9 Å². The number of amides is 2. The molecule has 0 saturated heterocycles. The minimum Gasteiger partial charge on any atom is -0.453 e. The summed E-state index contributed by atoms with van der Waals surface area (Å²) in [4.78, 5) is 34.8. The number of carbonyl (C=O) groups excluding carboxylic acids is 2. The Morgan fingerprint density at radius 3 is 2.45 bits per heavy atom. The fourth-order valence-corrected chi connectivity index (χ4v) is 3.04. The van der Waals surface area contributed by atoms with Gasteiger partial charge in [-0.2, -0.15) is 0 Å². The maximum Gasteiger partial charge on any atom is 0.271 e. The highest BCUT2D eigenvalue weighted by atomic mass is 35.5. The summed E-state index contributed by atoms with van der Waals surface area (Å²) in [5.74, 6) is 0.0709. The van der Waals surface area contributed by atoms with Gasteiger partial charge in [-0.15, -0.1) is 0 Å². The van der Waals surface area contributed by atoms with Gasteiger partial charge in [0, 0.05) is 17.8 Å². The van der Waals surface area contributed by atoms with Gasteiger partial charge in [-0.1, -0.05) is 36.2 Å². The summed E-state index contributed by atoms with van der Waals surface area (Å²) in [6.07, 6.45) is 4.14. The maximum atomic E-state index is 12.3. The van der Waals surface area contributed by atoms with Crippen LogP contribution in [0.5, 0.6) is 11.5 Å². The molecule has 2 rings (SSSR count). The predicted octanol–water partition coefficient (Wildman–Crippen LogP) is 4.51. The zero-order valence-corrected chi connectivity index (χ0v) is 17.7. The molecule has 0 spiro atoms. The first kappa shape index (κ1) is 22.5. The summed E-state index contributed by atoms with van der Waals surface area (Å²) in [6.45, 7) is 5.59. The number of ether oxygens (including phenoxy) is 1. The first-order valence-corrected chi connectivity index (χ1v) is 9.63. The smallest absolute Gasteiger partial charge is 0.271 e. The van der Waals surface area contributed by atoms with Crippen molar-refractivity contribution in [2.24, 2.45) is 0 Å². The number of anilines is 1. The number of nitrogens with zero attached hydrogens (tertiary/aromatic N) is 1. The lowest BCUT2D eigenvalue weighted by Crippen LogP contribution is -2.24. The average Bonchev–Trinajstić information content (AvgIpc) is 2.65. The standard InChI is InChI=1S/C20H21Cl2N3O4/c1-4-5-17(23-11-26)20(28)24-13-8-15(21)19(16(22)9-13)29-14-6-7-18(27)25(10-14)12(2)3/h5-12H,4H2,1-3H3,(H,23,26)(H,24,28)/b17-5+. The summed E-state index contributed by atoms with van der Waals surface area (Å²) >= 11 is 12.6. The van der Waals surface area contributed by atoms with E-state index in [-0.39, 0.29) is 33.1 Å². The summed E-state index contributed by atoms with van der Waals surface area (Å²) in [6, 6.07) is 5.83. The quantitative estimate of drug-likeness (QED) is 0.469. The predicted molar refractivity (Wildman–Crippen MR) is 114 cm³/mol. The van der Waals surface area contributed by atoms with Gasteiger partial charge in [-0.25, -0.2) is 0 Å². The summed E-state index contributed by atoms with van der Waals surface area (Å²) < 4.78 is 7.29. The van der Waals surface area contributed by atoms with Crippen LogP contribution >= 0.6 is 23.2 Å². The highest BCUT2D eigenvalue weighted by Crippen LogP contribution is 2.38. The molecule has 0 saturated carbocycles. The van der Waals surface area contributed by atoms with Crippen LogP contribution in [0.4, 0.5) is 5.69 Å². The van der Waals surface area contributed by atoms with Crippen molar-refractivity contribution in [3.05, 3.63) is 62.6 Å². The lowest BCUT2D eigenvalue weighted by molar-refractivity contribution is -0.115. The van der Waals surface area contributed by atoms with Crippen LogP contribution in [-0.2, 0) is 9.59 Å². The molecule has 154 valence electrons. The fourth-order valence-electron chi connectivity index (χ4n) is 2.48. The molecule has 1 aromatic heterocycles. The molecule has 2 N–H and O–H groups in total. The van der Waals surface area contributed by atoms with Gasteiger partial charge in [-0.05, 0) is 38.5 Å². The van der Waals surface area contributed by atoms with Gasteiger partial charge in [0.2, 0.25) is 6.41 Å². The van der Waals surface area contributed by atoms with Gasteiger partial charge in [0.05, 0.1) is 16.2 Å². The van der Waals surface area contributed by atoms with Crippen molar-refractivity contribution in [1.29, 1.82) is 0 Å². The summed E-state index contributed by atoms with van der Waals surface area (Å²) in [5, 5.41) is 5.30. The highest BCUT2D eigenvalue weighted by Gasteiger charge is 2.15. The minimum absolute atomic E-state index is 0.0417. The van der Waals surface area contributed by atoms with Gasteiger partial charge >= 0.3 is 0 Å². The molecule has 0 radical (unpaired) electrons. The van der Waals surface area contributed by atoms with Crippen molar-refractivity contribution < 1.29 is 14.3 Å². The first-order chi connectivity index (χ1) is 13.8. The number of aromatic nitrogens is 1. The molecule has 0 aliphatic carbocycles. The number of rotatable bonds is 8. The average molecular weight is 438 g/mol. The van der Waals surface area contributed by atoms with Crippen LogP contribution in [0.25, 0.3) is 0 Å². The second kappa shape index (κ2) is 10.1. The van der Waals surface area contributed by atoms with Crippen molar-refractivity contribution in [2.75, 3.05) is 5.32 Å². The number of nitrogens with one attached hydrogen (secondary N) is 2. The molecule has 2 amide bonds. The van der Waals surface area contributed by atoms with Crippen molar-refractivity contribution >= 4 is 41.2 Å². The van der Waals surface area contributed by atoms with Crippen LogP contribution in [-0.4, -0.2) is 16.9 Å². The van der Waals surface area contributed by atoms with Gasteiger partial charge in [-0.3, -0.25) is 14.4 Å². The van der Waals surface area contributed by atoms with Crippen molar-refractivity contribution in [3.8, 4) is 11.5 Å². The van der Waals surface area contributed by atoms with E-state index in [0.29, 0.717) is 24.3 Å². The first-order valence-electron chi connectivity index (χ1n) is 8.87. The number of benzene rings is 1. The Morgan fingerprint density at radius 2 is 1.90 bits per heavy atom. The SMILES string of the molecule is CC/C=C(/NC=O)C(=O)Nc1cc(Cl)c(Oc2ccc(=O)n(C(C)C)c2)c(Cl)c1. The van der Waals surface area contributed by atoms with Crippen molar-refractivity contribution in [2.45, 2.75) is 33.2 Å². The highest BCUT2D eigenvalue weighted by molar-refractivity contribution is 6.37. The van der Waals surface area contributed by atoms with E-state index in [2.05, 4.69) is 10.6 Å². The molecule has 1 heterocycles. The Labute approximate surface area is 178 Å². The maximum absolute atomic E-state index is 12.3. The van der Waals surface area contributed by atoms with E-state index >= 15 is 0 Å². The van der Waals surface area contributed by atoms with E-state index in [4.69, 9.17) is 27.9 Å². The molecular formula is C20H21Cl2N3O4. The van der Waals surface area contributed by atoms with Gasteiger partial charge in [0.1, 0.15) is 11.4 Å². The van der Waals surface area contributed by atoms with Crippen LogP contribution in [0, 0.1) is 0 Å². The zero-order valence-electron chi connectivity index (χ0n) is 16.2. The molecule has 7 nitrogen and oxygen atoms in total. The molecule has 1 aromatic carbocycles. The zero-order chi connectivity index (χ0) is 21.6. The van der Waals surface area contributed by atoms with Crippen LogP contribution in [0.3, 0.4) is 0 Å². The van der Waals surface area contributed by atoms with Crippen LogP contribution in [0.1, 0.15) is 33.2 Å².